The van der Waals surface area contributed by atoms with Crippen LogP contribution in [0.1, 0.15) is 31.3 Å². The van der Waals surface area contributed by atoms with E-state index in [0.29, 0.717) is 5.92 Å². The summed E-state index contributed by atoms with van der Waals surface area (Å²) in [6.45, 7) is 4.27. The fourth-order valence-corrected chi connectivity index (χ4v) is 2.37. The maximum absolute atomic E-state index is 9.46. The highest BCUT2D eigenvalue weighted by Crippen LogP contribution is 2.20. The monoisotopic (exact) mass is 278 g/mol. The van der Waals surface area contributed by atoms with Crippen molar-refractivity contribution in [2.24, 2.45) is 5.92 Å². The molecule has 0 amide bonds. The minimum absolute atomic E-state index is 0.00914. The normalized spacial score (nSPS) is 12.6. The third-order valence-electron chi connectivity index (χ3n) is 2.63. The van der Waals surface area contributed by atoms with E-state index >= 15 is 0 Å². The van der Waals surface area contributed by atoms with Crippen molar-refractivity contribution in [3.8, 4) is 0 Å². The molecule has 0 fully saturated rings. The van der Waals surface area contributed by atoms with Gasteiger partial charge >= 0.3 is 0 Å². The first-order valence-corrected chi connectivity index (χ1v) is 7.06. The quantitative estimate of drug-likeness (QED) is 0.848. The summed E-state index contributed by atoms with van der Waals surface area (Å²) in [5.41, 5.74) is 0.936. The first kappa shape index (κ1) is 13.9. The van der Waals surface area contributed by atoms with Gasteiger partial charge in [-0.25, -0.2) is 4.98 Å². The fourth-order valence-electron chi connectivity index (χ4n) is 1.73. The number of nitrogens with one attached hydrogen (secondary N) is 1. The van der Waals surface area contributed by atoms with Gasteiger partial charge in [-0.2, -0.15) is 4.37 Å². The molecular weight excluding hydrogens is 260 g/mol. The minimum atomic E-state index is -0.200. The van der Waals surface area contributed by atoms with Gasteiger partial charge in [-0.1, -0.05) is 19.9 Å². The second-order valence-corrected chi connectivity index (χ2v) is 5.53. The van der Waals surface area contributed by atoms with Crippen molar-refractivity contribution < 1.29 is 5.11 Å². The van der Waals surface area contributed by atoms with Gasteiger partial charge in [0.2, 0.25) is 5.13 Å². The van der Waals surface area contributed by atoms with Gasteiger partial charge in [0.25, 0.3) is 0 Å². The zero-order chi connectivity index (χ0) is 13.7. The predicted octanol–water partition coefficient (Wildman–Crippen LogP) is 2.28. The molecule has 1 atom stereocenters. The third-order valence-corrected chi connectivity index (χ3v) is 3.31. The molecule has 0 aliphatic rings. The predicted molar refractivity (Wildman–Crippen MR) is 76.1 cm³/mol. The molecule has 2 aromatic rings. The molecule has 0 spiro atoms. The van der Waals surface area contributed by atoms with Gasteiger partial charge in [0.1, 0.15) is 5.82 Å². The minimum Gasteiger partial charge on any atom is -0.394 e. The molecule has 0 bridgehead atoms. The topological polar surface area (TPSA) is 70.9 Å². The third kappa shape index (κ3) is 3.97. The number of aliphatic hydroxyl groups excluding tert-OH is 1. The number of hydrogen-bond donors (Lipinski definition) is 2. The van der Waals surface area contributed by atoms with E-state index in [0.717, 1.165) is 22.9 Å². The number of nitrogens with zero attached hydrogens (tertiary/aromatic N) is 3. The van der Waals surface area contributed by atoms with Crippen LogP contribution in [0.2, 0.25) is 0 Å². The number of pyridine rings is 1. The highest BCUT2D eigenvalue weighted by molar-refractivity contribution is 7.09. The summed E-state index contributed by atoms with van der Waals surface area (Å²) in [7, 11) is 0. The van der Waals surface area contributed by atoms with Crippen molar-refractivity contribution in [1.82, 2.24) is 14.3 Å². The molecule has 19 heavy (non-hydrogen) atoms. The van der Waals surface area contributed by atoms with Crippen LogP contribution in [0.25, 0.3) is 0 Å². The summed E-state index contributed by atoms with van der Waals surface area (Å²) in [6.07, 6.45) is 4.32. The largest absolute Gasteiger partial charge is 0.394 e. The molecule has 0 aliphatic heterocycles. The number of rotatable bonds is 6. The van der Waals surface area contributed by atoms with E-state index in [9.17, 15) is 5.11 Å². The highest BCUT2D eigenvalue weighted by Gasteiger charge is 2.13. The summed E-state index contributed by atoms with van der Waals surface area (Å²) in [5, 5.41) is 13.4. The molecule has 2 rings (SSSR count). The summed E-state index contributed by atoms with van der Waals surface area (Å²) in [5.74, 6) is 1.39. The van der Waals surface area contributed by atoms with Gasteiger partial charge in [0.15, 0.2) is 0 Å². The van der Waals surface area contributed by atoms with E-state index < -0.39 is 0 Å². The second kappa shape index (κ2) is 6.58. The number of anilines is 1. The first-order chi connectivity index (χ1) is 9.19. The van der Waals surface area contributed by atoms with Crippen LogP contribution in [0.3, 0.4) is 0 Å². The van der Waals surface area contributed by atoms with E-state index in [4.69, 9.17) is 0 Å². The van der Waals surface area contributed by atoms with Crippen molar-refractivity contribution in [3.05, 3.63) is 35.9 Å². The second-order valence-electron chi connectivity index (χ2n) is 4.78. The molecule has 102 valence electrons. The van der Waals surface area contributed by atoms with Gasteiger partial charge in [-0.05, 0) is 17.5 Å². The lowest BCUT2D eigenvalue weighted by molar-refractivity contribution is 0.276. The zero-order valence-corrected chi connectivity index (χ0v) is 11.9. The molecule has 2 heterocycles. The van der Waals surface area contributed by atoms with E-state index in [1.54, 1.807) is 12.4 Å². The number of aliphatic hydroxyl groups is 1. The Morgan fingerprint density at radius 2 is 2.26 bits per heavy atom. The van der Waals surface area contributed by atoms with Crippen molar-refractivity contribution in [3.63, 3.8) is 0 Å². The molecule has 0 unspecified atom stereocenters. The summed E-state index contributed by atoms with van der Waals surface area (Å²) in [4.78, 5) is 8.48. The van der Waals surface area contributed by atoms with Crippen LogP contribution < -0.4 is 5.32 Å². The standard InChI is InChI=1S/C13H18N4OS/c1-9(2)6-12-16-13(19-17-12)15-11(8-18)10-4-3-5-14-7-10/h3-5,7,9,11,18H,6,8H2,1-2H3,(H,15,16,17)/t11-/m1/s1. The van der Waals surface area contributed by atoms with Crippen molar-refractivity contribution in [1.29, 1.82) is 0 Å². The van der Waals surface area contributed by atoms with Gasteiger partial charge in [0.05, 0.1) is 12.6 Å². The lowest BCUT2D eigenvalue weighted by Crippen LogP contribution is -2.14. The van der Waals surface area contributed by atoms with E-state index in [-0.39, 0.29) is 12.6 Å². The SMILES string of the molecule is CC(C)Cc1nsc(N[C@H](CO)c2cccnc2)n1. The van der Waals surface area contributed by atoms with Crippen molar-refractivity contribution in [2.75, 3.05) is 11.9 Å². The van der Waals surface area contributed by atoms with Crippen LogP contribution in [0.15, 0.2) is 24.5 Å². The fraction of sp³-hybridized carbons (Fsp3) is 0.462. The Bertz CT molecular complexity index is 500. The summed E-state index contributed by atoms with van der Waals surface area (Å²) < 4.78 is 4.31. The molecule has 0 aromatic carbocycles. The Kier molecular flexibility index (Phi) is 4.81. The molecule has 6 heteroatoms. The smallest absolute Gasteiger partial charge is 0.203 e. The van der Waals surface area contributed by atoms with Crippen molar-refractivity contribution >= 4 is 16.7 Å². The van der Waals surface area contributed by atoms with Gasteiger partial charge in [-0.3, -0.25) is 4.98 Å². The van der Waals surface area contributed by atoms with Crippen LogP contribution >= 0.6 is 11.5 Å². The summed E-state index contributed by atoms with van der Waals surface area (Å²) >= 11 is 1.33. The lowest BCUT2D eigenvalue weighted by Gasteiger charge is -2.14. The van der Waals surface area contributed by atoms with Crippen molar-refractivity contribution in [2.45, 2.75) is 26.3 Å². The molecule has 2 N–H and O–H groups in total. The Morgan fingerprint density at radius 1 is 1.42 bits per heavy atom. The van der Waals surface area contributed by atoms with Crippen LogP contribution in [0, 0.1) is 5.92 Å². The van der Waals surface area contributed by atoms with Gasteiger partial charge < -0.3 is 10.4 Å². The Morgan fingerprint density at radius 3 is 2.89 bits per heavy atom. The maximum Gasteiger partial charge on any atom is 0.203 e. The van der Waals surface area contributed by atoms with E-state index in [1.807, 2.05) is 12.1 Å². The van der Waals surface area contributed by atoms with Gasteiger partial charge in [0, 0.05) is 30.3 Å². The first-order valence-electron chi connectivity index (χ1n) is 6.29. The van der Waals surface area contributed by atoms with E-state index in [1.165, 1.54) is 11.5 Å². The van der Waals surface area contributed by atoms with Crippen LogP contribution in [0.5, 0.6) is 0 Å². The van der Waals surface area contributed by atoms with Crippen LogP contribution in [0.4, 0.5) is 5.13 Å². The lowest BCUT2D eigenvalue weighted by atomic mass is 10.1. The zero-order valence-electron chi connectivity index (χ0n) is 11.1. The molecule has 5 nitrogen and oxygen atoms in total. The molecule has 0 radical (unpaired) electrons. The molecule has 0 saturated heterocycles. The Labute approximate surface area is 116 Å². The van der Waals surface area contributed by atoms with Crippen LogP contribution in [-0.2, 0) is 6.42 Å². The number of hydrogen-bond acceptors (Lipinski definition) is 6. The molecule has 2 aromatic heterocycles. The number of aromatic nitrogens is 3. The average Bonchev–Trinajstić information content (AvgIpc) is 2.83. The average molecular weight is 278 g/mol. The van der Waals surface area contributed by atoms with Gasteiger partial charge in [-0.15, -0.1) is 0 Å². The van der Waals surface area contributed by atoms with E-state index in [2.05, 4.69) is 33.5 Å². The van der Waals surface area contributed by atoms with Crippen LogP contribution in [-0.4, -0.2) is 26.1 Å². The molecule has 0 saturated carbocycles. The Hall–Kier alpha value is -1.53. The molecular formula is C13H18N4OS. The molecule has 0 aliphatic carbocycles. The Balaban J connectivity index is 2.04. The summed E-state index contributed by atoms with van der Waals surface area (Å²) in [6, 6.07) is 3.58. The maximum atomic E-state index is 9.46. The highest BCUT2D eigenvalue weighted by atomic mass is 32.1.